The third kappa shape index (κ3) is 4.78. The van der Waals surface area contributed by atoms with Crippen molar-refractivity contribution in [3.05, 3.63) is 30.1 Å². The second-order valence-electron chi connectivity index (χ2n) is 5.66. The molecule has 0 amide bonds. The van der Waals surface area contributed by atoms with E-state index in [2.05, 4.69) is 12.2 Å². The first-order chi connectivity index (χ1) is 9.81. The molecule has 1 aromatic carbocycles. The predicted octanol–water partition coefficient (Wildman–Crippen LogP) is 4.87. The molecule has 1 aromatic rings. The Bertz CT molecular complexity index is 388. The summed E-state index contributed by atoms with van der Waals surface area (Å²) in [5.74, 6) is 1.64. The van der Waals surface area contributed by atoms with Gasteiger partial charge in [-0.25, -0.2) is 4.39 Å². The van der Waals surface area contributed by atoms with Crippen molar-refractivity contribution in [2.75, 3.05) is 12.3 Å². The molecule has 3 heteroatoms. The molecular weight excluding hydrogens is 269 g/mol. The van der Waals surface area contributed by atoms with Crippen molar-refractivity contribution < 1.29 is 4.39 Å². The molecule has 0 spiro atoms. The van der Waals surface area contributed by atoms with Crippen LogP contribution in [0.5, 0.6) is 0 Å². The number of benzene rings is 1. The van der Waals surface area contributed by atoms with Crippen LogP contribution in [-0.2, 0) is 0 Å². The van der Waals surface area contributed by atoms with E-state index in [4.69, 9.17) is 0 Å². The summed E-state index contributed by atoms with van der Waals surface area (Å²) < 4.78 is 13.7. The molecule has 0 heterocycles. The van der Waals surface area contributed by atoms with Crippen LogP contribution in [0, 0.1) is 11.7 Å². The van der Waals surface area contributed by atoms with Crippen molar-refractivity contribution in [3.8, 4) is 0 Å². The summed E-state index contributed by atoms with van der Waals surface area (Å²) in [6.45, 7) is 3.16. The van der Waals surface area contributed by atoms with Gasteiger partial charge in [0.15, 0.2) is 0 Å². The summed E-state index contributed by atoms with van der Waals surface area (Å²) in [5.41, 5.74) is 0. The highest BCUT2D eigenvalue weighted by Crippen LogP contribution is 2.29. The molecule has 1 unspecified atom stereocenters. The molecule has 1 aliphatic rings. The maximum absolute atomic E-state index is 13.7. The molecule has 0 saturated heterocycles. The molecule has 1 atom stereocenters. The van der Waals surface area contributed by atoms with Gasteiger partial charge >= 0.3 is 0 Å². The van der Waals surface area contributed by atoms with Crippen LogP contribution in [0.2, 0.25) is 0 Å². The minimum absolute atomic E-state index is 0.0892. The molecule has 1 nitrogen and oxygen atoms in total. The number of nitrogens with one attached hydrogen (secondary N) is 1. The van der Waals surface area contributed by atoms with Crippen LogP contribution in [0.4, 0.5) is 4.39 Å². The fourth-order valence-corrected chi connectivity index (χ4v) is 4.21. The Hall–Kier alpha value is -0.540. The first-order valence-corrected chi connectivity index (χ1v) is 8.90. The summed E-state index contributed by atoms with van der Waals surface area (Å²) in [6.07, 6.45) is 8.14. The summed E-state index contributed by atoms with van der Waals surface area (Å²) in [6, 6.07) is 7.63. The van der Waals surface area contributed by atoms with Crippen LogP contribution in [0.3, 0.4) is 0 Å². The topological polar surface area (TPSA) is 12.0 Å². The lowest BCUT2D eigenvalue weighted by atomic mass is 9.93. The van der Waals surface area contributed by atoms with E-state index < -0.39 is 0 Å². The molecule has 112 valence electrons. The minimum Gasteiger partial charge on any atom is -0.313 e. The lowest BCUT2D eigenvalue weighted by Crippen LogP contribution is -2.38. The Morgan fingerprint density at radius 1 is 1.20 bits per heavy atom. The zero-order valence-electron chi connectivity index (χ0n) is 12.4. The van der Waals surface area contributed by atoms with E-state index in [-0.39, 0.29) is 5.82 Å². The van der Waals surface area contributed by atoms with Gasteiger partial charge in [-0.1, -0.05) is 44.7 Å². The summed E-state index contributed by atoms with van der Waals surface area (Å²) in [7, 11) is 0. The lowest BCUT2D eigenvalue weighted by molar-refractivity contribution is 0.347. The number of rotatable bonds is 6. The molecule has 1 saturated carbocycles. The van der Waals surface area contributed by atoms with E-state index >= 15 is 0 Å². The van der Waals surface area contributed by atoms with E-state index in [1.165, 1.54) is 38.5 Å². The zero-order valence-corrected chi connectivity index (χ0v) is 13.2. The van der Waals surface area contributed by atoms with Gasteiger partial charge in [-0.2, -0.15) is 0 Å². The van der Waals surface area contributed by atoms with Gasteiger partial charge in [0.1, 0.15) is 5.82 Å². The number of hydrogen-bond acceptors (Lipinski definition) is 2. The van der Waals surface area contributed by atoms with Gasteiger partial charge in [0.05, 0.1) is 0 Å². The van der Waals surface area contributed by atoms with E-state index in [9.17, 15) is 4.39 Å². The Balaban J connectivity index is 1.92. The molecule has 0 aromatic heterocycles. The minimum atomic E-state index is -0.0892. The smallest absolute Gasteiger partial charge is 0.136 e. The predicted molar refractivity (Wildman–Crippen MR) is 85.8 cm³/mol. The average molecular weight is 295 g/mol. The van der Waals surface area contributed by atoms with Crippen LogP contribution in [0.15, 0.2) is 29.2 Å². The standard InChI is InChI=1S/C17H26FNS/c1-2-19-16(14-9-5-3-4-6-10-14)13-20-17-12-8-7-11-15(17)18/h7-8,11-12,14,16,19H,2-6,9-10,13H2,1H3. The van der Waals surface area contributed by atoms with E-state index in [0.29, 0.717) is 6.04 Å². The quantitative estimate of drug-likeness (QED) is 0.594. The van der Waals surface area contributed by atoms with Gasteiger partial charge in [0.25, 0.3) is 0 Å². The van der Waals surface area contributed by atoms with Crippen molar-refractivity contribution in [3.63, 3.8) is 0 Å². The SMILES string of the molecule is CCNC(CSc1ccccc1F)C1CCCCCC1. The monoisotopic (exact) mass is 295 g/mol. The second-order valence-corrected chi connectivity index (χ2v) is 6.72. The third-order valence-electron chi connectivity index (χ3n) is 4.19. The van der Waals surface area contributed by atoms with Gasteiger partial charge in [0, 0.05) is 16.7 Å². The Kier molecular flexibility index (Phi) is 6.88. The molecular formula is C17H26FNS. The molecule has 1 aliphatic carbocycles. The molecule has 0 aliphatic heterocycles. The highest BCUT2D eigenvalue weighted by atomic mass is 32.2. The van der Waals surface area contributed by atoms with Gasteiger partial charge in [-0.3, -0.25) is 0 Å². The highest BCUT2D eigenvalue weighted by Gasteiger charge is 2.22. The van der Waals surface area contributed by atoms with Gasteiger partial charge in [-0.05, 0) is 37.4 Å². The molecule has 1 fully saturated rings. The van der Waals surface area contributed by atoms with Crippen molar-refractivity contribution in [1.82, 2.24) is 5.32 Å². The van der Waals surface area contributed by atoms with Crippen LogP contribution in [-0.4, -0.2) is 18.3 Å². The molecule has 1 N–H and O–H groups in total. The molecule has 2 rings (SSSR count). The Labute approximate surface area is 126 Å². The van der Waals surface area contributed by atoms with E-state index in [1.54, 1.807) is 23.9 Å². The highest BCUT2D eigenvalue weighted by molar-refractivity contribution is 7.99. The van der Waals surface area contributed by atoms with Crippen molar-refractivity contribution in [2.45, 2.75) is 56.4 Å². The third-order valence-corrected chi connectivity index (χ3v) is 5.36. The number of hydrogen-bond donors (Lipinski definition) is 1. The van der Waals surface area contributed by atoms with Crippen LogP contribution in [0.1, 0.15) is 45.4 Å². The maximum Gasteiger partial charge on any atom is 0.136 e. The molecule has 0 bridgehead atoms. The Morgan fingerprint density at radius 2 is 1.90 bits per heavy atom. The van der Waals surface area contributed by atoms with E-state index in [1.807, 2.05) is 12.1 Å². The second kappa shape index (κ2) is 8.68. The maximum atomic E-state index is 13.7. The van der Waals surface area contributed by atoms with Gasteiger partial charge in [-0.15, -0.1) is 11.8 Å². The lowest BCUT2D eigenvalue weighted by Gasteiger charge is -2.26. The first kappa shape index (κ1) is 15.8. The fraction of sp³-hybridized carbons (Fsp3) is 0.647. The van der Waals surface area contributed by atoms with Crippen LogP contribution < -0.4 is 5.32 Å². The molecule has 20 heavy (non-hydrogen) atoms. The number of halogens is 1. The summed E-state index contributed by atoms with van der Waals surface area (Å²) in [4.78, 5) is 0.782. The van der Waals surface area contributed by atoms with Crippen LogP contribution >= 0.6 is 11.8 Å². The van der Waals surface area contributed by atoms with Crippen molar-refractivity contribution in [2.24, 2.45) is 5.92 Å². The first-order valence-electron chi connectivity index (χ1n) is 7.92. The fourth-order valence-electron chi connectivity index (χ4n) is 3.08. The van der Waals surface area contributed by atoms with Crippen molar-refractivity contribution >= 4 is 11.8 Å². The normalized spacial score (nSPS) is 18.7. The zero-order chi connectivity index (χ0) is 14.2. The summed E-state index contributed by atoms with van der Waals surface area (Å²) >= 11 is 1.66. The Morgan fingerprint density at radius 3 is 2.55 bits per heavy atom. The van der Waals surface area contributed by atoms with Gasteiger partial charge in [0.2, 0.25) is 0 Å². The number of thioether (sulfide) groups is 1. The van der Waals surface area contributed by atoms with Crippen molar-refractivity contribution in [1.29, 1.82) is 0 Å². The van der Waals surface area contributed by atoms with E-state index in [0.717, 1.165) is 23.1 Å². The van der Waals surface area contributed by atoms with Crippen LogP contribution in [0.25, 0.3) is 0 Å². The molecule has 0 radical (unpaired) electrons. The summed E-state index contributed by atoms with van der Waals surface area (Å²) in [5, 5.41) is 3.63. The van der Waals surface area contributed by atoms with Gasteiger partial charge < -0.3 is 5.32 Å². The largest absolute Gasteiger partial charge is 0.313 e. The average Bonchev–Trinajstić information content (AvgIpc) is 2.74.